The van der Waals surface area contributed by atoms with Crippen LogP contribution in [0.1, 0.15) is 12.8 Å². The molecule has 2 atom stereocenters. The van der Waals surface area contributed by atoms with E-state index in [0.29, 0.717) is 24.4 Å². The molecule has 0 radical (unpaired) electrons. The molecule has 0 fully saturated rings. The van der Waals surface area contributed by atoms with Gasteiger partial charge in [0.2, 0.25) is 0 Å². The molecule has 0 amide bonds. The molecule has 0 spiro atoms. The van der Waals surface area contributed by atoms with Gasteiger partial charge in [0, 0.05) is 11.6 Å². The van der Waals surface area contributed by atoms with Crippen LogP contribution < -0.4 is 11.5 Å². The van der Waals surface area contributed by atoms with Gasteiger partial charge in [-0.05, 0) is 25.0 Å². The monoisotopic (exact) mass is 230 g/mol. The maximum absolute atomic E-state index is 11.0. The lowest BCUT2D eigenvalue weighted by Gasteiger charge is -2.33. The first-order valence-corrected chi connectivity index (χ1v) is 5.27. The Bertz CT molecular complexity index is 315. The molecule has 0 saturated heterocycles. The lowest BCUT2D eigenvalue weighted by molar-refractivity contribution is -0.141. The molecular formula is C10H15ClN2O2. The Hall–Kier alpha value is -1.00. The minimum absolute atomic E-state index is 0.461. The van der Waals surface area contributed by atoms with E-state index >= 15 is 0 Å². The minimum atomic E-state index is -0.938. The van der Waals surface area contributed by atoms with E-state index in [0.717, 1.165) is 0 Å². The number of alkyl halides is 1. The van der Waals surface area contributed by atoms with E-state index < -0.39 is 17.4 Å². The molecule has 15 heavy (non-hydrogen) atoms. The number of carboxylic acid groups (broad SMARTS) is 1. The van der Waals surface area contributed by atoms with Crippen molar-refractivity contribution in [2.75, 3.05) is 5.88 Å². The van der Waals surface area contributed by atoms with Crippen molar-refractivity contribution in [1.82, 2.24) is 0 Å². The highest BCUT2D eigenvalue weighted by Crippen LogP contribution is 2.28. The number of hydrogen-bond donors (Lipinski definition) is 3. The largest absolute Gasteiger partial charge is 0.481 e. The van der Waals surface area contributed by atoms with Gasteiger partial charge in [-0.3, -0.25) is 4.79 Å². The topological polar surface area (TPSA) is 89.3 Å². The minimum Gasteiger partial charge on any atom is -0.481 e. The van der Waals surface area contributed by atoms with Crippen LogP contribution in [0.25, 0.3) is 0 Å². The fourth-order valence-electron chi connectivity index (χ4n) is 1.75. The molecule has 0 saturated carbocycles. The molecule has 1 aliphatic rings. The molecular weight excluding hydrogens is 216 g/mol. The van der Waals surface area contributed by atoms with Crippen molar-refractivity contribution >= 4 is 17.6 Å². The number of carbonyl (C=O) groups is 1. The van der Waals surface area contributed by atoms with Crippen molar-refractivity contribution in [3.8, 4) is 0 Å². The molecule has 5 N–H and O–H groups in total. The number of rotatable bonds is 4. The van der Waals surface area contributed by atoms with Crippen molar-refractivity contribution < 1.29 is 9.90 Å². The second kappa shape index (κ2) is 4.68. The summed E-state index contributed by atoms with van der Waals surface area (Å²) in [6.45, 7) is 0. The zero-order valence-electron chi connectivity index (χ0n) is 8.32. The van der Waals surface area contributed by atoms with Crippen molar-refractivity contribution in [2.24, 2.45) is 17.4 Å². The van der Waals surface area contributed by atoms with Crippen LogP contribution in [0.2, 0.25) is 0 Å². The molecule has 84 valence electrons. The van der Waals surface area contributed by atoms with Gasteiger partial charge in [-0.15, -0.1) is 11.6 Å². The fraction of sp³-hybridized carbons (Fsp3) is 0.500. The Morgan fingerprint density at radius 3 is 2.87 bits per heavy atom. The second-order valence-electron chi connectivity index (χ2n) is 3.72. The van der Waals surface area contributed by atoms with Gasteiger partial charge in [0.15, 0.2) is 0 Å². The normalized spacial score (nSPS) is 30.0. The lowest BCUT2D eigenvalue weighted by atomic mass is 9.77. The fourth-order valence-corrected chi connectivity index (χ4v) is 1.88. The highest BCUT2D eigenvalue weighted by atomic mass is 35.5. The highest BCUT2D eigenvalue weighted by Gasteiger charge is 2.37. The van der Waals surface area contributed by atoms with Crippen molar-refractivity contribution in [3.05, 3.63) is 23.9 Å². The third-order valence-electron chi connectivity index (χ3n) is 2.51. The van der Waals surface area contributed by atoms with Gasteiger partial charge in [-0.2, -0.15) is 0 Å². The Kier molecular flexibility index (Phi) is 3.77. The number of aliphatic carboxylic acids is 1. The summed E-state index contributed by atoms with van der Waals surface area (Å²) < 4.78 is 0. The van der Waals surface area contributed by atoms with Crippen LogP contribution in [0.15, 0.2) is 23.9 Å². The van der Waals surface area contributed by atoms with Crippen molar-refractivity contribution in [3.63, 3.8) is 0 Å². The summed E-state index contributed by atoms with van der Waals surface area (Å²) in [4.78, 5) is 11.0. The summed E-state index contributed by atoms with van der Waals surface area (Å²) in [7, 11) is 0. The number of nitrogens with two attached hydrogens (primary N) is 2. The van der Waals surface area contributed by atoms with Gasteiger partial charge in [-0.25, -0.2) is 0 Å². The van der Waals surface area contributed by atoms with Gasteiger partial charge < -0.3 is 16.6 Å². The van der Waals surface area contributed by atoms with E-state index in [9.17, 15) is 4.79 Å². The van der Waals surface area contributed by atoms with E-state index in [4.69, 9.17) is 28.2 Å². The van der Waals surface area contributed by atoms with Gasteiger partial charge in [0.05, 0.1) is 11.5 Å². The third-order valence-corrected chi connectivity index (χ3v) is 2.77. The van der Waals surface area contributed by atoms with E-state index in [2.05, 4.69) is 0 Å². The maximum atomic E-state index is 11.0. The Labute approximate surface area is 93.6 Å². The molecule has 1 rings (SSSR count). The summed E-state index contributed by atoms with van der Waals surface area (Å²) in [5, 5.41) is 9.03. The van der Waals surface area contributed by atoms with Crippen LogP contribution in [0, 0.1) is 5.92 Å². The molecule has 2 unspecified atom stereocenters. The number of hydrogen-bond acceptors (Lipinski definition) is 3. The smallest absolute Gasteiger partial charge is 0.312 e. The SMILES string of the molecule is NC1=CC(N)(CCCCl)C(C(=O)O)C=C1. The molecule has 5 heteroatoms. The predicted octanol–water partition coefficient (Wildman–Crippen LogP) is 0.816. The van der Waals surface area contributed by atoms with Gasteiger partial charge in [0.25, 0.3) is 0 Å². The van der Waals surface area contributed by atoms with Gasteiger partial charge in [-0.1, -0.05) is 6.08 Å². The highest BCUT2D eigenvalue weighted by molar-refractivity contribution is 6.17. The first-order valence-electron chi connectivity index (χ1n) is 4.74. The first kappa shape index (κ1) is 12.1. The predicted molar refractivity (Wildman–Crippen MR) is 59.4 cm³/mol. The molecule has 0 aromatic heterocycles. The second-order valence-corrected chi connectivity index (χ2v) is 4.10. The Morgan fingerprint density at radius 1 is 1.67 bits per heavy atom. The van der Waals surface area contributed by atoms with E-state index in [-0.39, 0.29) is 0 Å². The van der Waals surface area contributed by atoms with Crippen molar-refractivity contribution in [2.45, 2.75) is 18.4 Å². The van der Waals surface area contributed by atoms with Crippen LogP contribution in [0.3, 0.4) is 0 Å². The molecule has 0 aromatic rings. The summed E-state index contributed by atoms with van der Waals surface area (Å²) in [6, 6.07) is 0. The van der Waals surface area contributed by atoms with E-state index in [1.807, 2.05) is 0 Å². The molecule has 0 bridgehead atoms. The van der Waals surface area contributed by atoms with Crippen molar-refractivity contribution in [1.29, 1.82) is 0 Å². The molecule has 0 aliphatic heterocycles. The molecule has 0 aromatic carbocycles. The molecule has 4 nitrogen and oxygen atoms in total. The Balaban J connectivity index is 2.89. The summed E-state index contributed by atoms with van der Waals surface area (Å²) >= 11 is 5.57. The zero-order valence-corrected chi connectivity index (χ0v) is 9.07. The van der Waals surface area contributed by atoms with Crippen LogP contribution in [-0.4, -0.2) is 22.5 Å². The Morgan fingerprint density at radius 2 is 2.33 bits per heavy atom. The standard InChI is InChI=1S/C10H15ClN2O2/c11-5-1-4-10(13)6-7(12)2-3-8(10)9(14)15/h2-3,6,8H,1,4-5,12-13H2,(H,14,15). The van der Waals surface area contributed by atoms with E-state index in [1.165, 1.54) is 6.08 Å². The maximum Gasteiger partial charge on any atom is 0.312 e. The average Bonchev–Trinajstić information content (AvgIpc) is 2.14. The quantitative estimate of drug-likeness (QED) is 0.624. The molecule has 1 aliphatic carbocycles. The van der Waals surface area contributed by atoms with Gasteiger partial charge in [0.1, 0.15) is 0 Å². The first-order chi connectivity index (χ1) is 6.99. The van der Waals surface area contributed by atoms with Gasteiger partial charge >= 0.3 is 5.97 Å². The number of allylic oxidation sites excluding steroid dienone is 1. The van der Waals surface area contributed by atoms with Crippen LogP contribution in [0.4, 0.5) is 0 Å². The summed E-state index contributed by atoms with van der Waals surface area (Å²) in [5.74, 6) is -1.21. The van der Waals surface area contributed by atoms with E-state index in [1.54, 1.807) is 12.2 Å². The summed E-state index contributed by atoms with van der Waals surface area (Å²) in [5.41, 5.74) is 11.2. The number of carboxylic acids is 1. The third kappa shape index (κ3) is 2.73. The lowest BCUT2D eigenvalue weighted by Crippen LogP contribution is -2.49. The molecule has 0 heterocycles. The zero-order chi connectivity index (χ0) is 11.5. The number of halogens is 1. The average molecular weight is 231 g/mol. The summed E-state index contributed by atoms with van der Waals surface area (Å²) in [6.07, 6.45) is 5.90. The van der Waals surface area contributed by atoms with Crippen LogP contribution in [-0.2, 0) is 4.79 Å². The van der Waals surface area contributed by atoms with Crippen LogP contribution in [0.5, 0.6) is 0 Å². The van der Waals surface area contributed by atoms with Crippen LogP contribution >= 0.6 is 11.6 Å².